The van der Waals surface area contributed by atoms with Gasteiger partial charge in [-0.15, -0.1) is 11.3 Å². The molecule has 0 aliphatic heterocycles. The molecule has 5 nitrogen and oxygen atoms in total. The number of rotatable bonds is 8. The lowest BCUT2D eigenvalue weighted by atomic mass is 10.1. The molecule has 0 amide bonds. The minimum atomic E-state index is 0.643. The minimum Gasteiger partial charge on any atom is -0.380 e. The third kappa shape index (κ3) is 6.29. The molecule has 0 fully saturated rings. The number of hydrogen-bond donors (Lipinski definition) is 2. The van der Waals surface area contributed by atoms with Gasteiger partial charge in [0.15, 0.2) is 5.96 Å². The quantitative estimate of drug-likeness (QED) is 0.570. The first-order valence-electron chi connectivity index (χ1n) is 8.21. The van der Waals surface area contributed by atoms with Crippen LogP contribution < -0.4 is 10.6 Å². The van der Waals surface area contributed by atoms with Gasteiger partial charge in [0, 0.05) is 32.0 Å². The molecular formula is C18H26N4OS. The fraction of sp³-hybridized carbons (Fsp3) is 0.444. The molecule has 0 saturated heterocycles. The number of thiazole rings is 1. The molecule has 2 N–H and O–H groups in total. The van der Waals surface area contributed by atoms with E-state index >= 15 is 0 Å². The Labute approximate surface area is 148 Å². The van der Waals surface area contributed by atoms with E-state index in [4.69, 9.17) is 4.74 Å². The van der Waals surface area contributed by atoms with Crippen LogP contribution in [0.4, 0.5) is 0 Å². The zero-order chi connectivity index (χ0) is 17.2. The maximum Gasteiger partial charge on any atom is 0.191 e. The molecule has 0 bridgehead atoms. The number of aliphatic imine (C=N–C) groups is 1. The number of methoxy groups -OCH3 is 1. The standard InChI is InChI=1S/C18H26N4OS/c1-4-19-18(20-10-9-17-13-24-14(2)22-17)21-11-15-5-7-16(8-6-15)12-23-3/h5-8,13H,4,9-12H2,1-3H3,(H2,19,20,21). The van der Waals surface area contributed by atoms with Crippen molar-refractivity contribution in [2.45, 2.75) is 33.4 Å². The number of guanidine groups is 1. The van der Waals surface area contributed by atoms with Crippen molar-refractivity contribution < 1.29 is 4.74 Å². The maximum atomic E-state index is 5.13. The van der Waals surface area contributed by atoms with Gasteiger partial charge in [0.25, 0.3) is 0 Å². The van der Waals surface area contributed by atoms with Gasteiger partial charge in [-0.25, -0.2) is 9.98 Å². The topological polar surface area (TPSA) is 58.5 Å². The Bertz CT molecular complexity index is 637. The summed E-state index contributed by atoms with van der Waals surface area (Å²) in [6, 6.07) is 8.36. The number of nitrogens with one attached hydrogen (secondary N) is 2. The van der Waals surface area contributed by atoms with E-state index in [9.17, 15) is 0 Å². The van der Waals surface area contributed by atoms with Crippen LogP contribution in [-0.4, -0.2) is 31.1 Å². The highest BCUT2D eigenvalue weighted by Crippen LogP contribution is 2.08. The lowest BCUT2D eigenvalue weighted by molar-refractivity contribution is 0.185. The summed E-state index contributed by atoms with van der Waals surface area (Å²) in [4.78, 5) is 9.12. The number of hydrogen-bond acceptors (Lipinski definition) is 4. The molecule has 0 aliphatic carbocycles. The summed E-state index contributed by atoms with van der Waals surface area (Å²) in [6.45, 7) is 7.06. The molecule has 2 rings (SSSR count). The summed E-state index contributed by atoms with van der Waals surface area (Å²) in [5.41, 5.74) is 3.49. The van der Waals surface area contributed by atoms with Gasteiger partial charge in [-0.1, -0.05) is 24.3 Å². The van der Waals surface area contributed by atoms with Gasteiger partial charge in [0.2, 0.25) is 0 Å². The van der Waals surface area contributed by atoms with Crippen molar-refractivity contribution in [1.29, 1.82) is 0 Å². The van der Waals surface area contributed by atoms with Crippen molar-refractivity contribution in [1.82, 2.24) is 15.6 Å². The van der Waals surface area contributed by atoms with Gasteiger partial charge in [0.05, 0.1) is 23.9 Å². The largest absolute Gasteiger partial charge is 0.380 e. The summed E-state index contributed by atoms with van der Waals surface area (Å²) in [5.74, 6) is 0.838. The number of aryl methyl sites for hydroxylation is 1. The maximum absolute atomic E-state index is 5.13. The Morgan fingerprint density at radius 1 is 1.21 bits per heavy atom. The van der Waals surface area contributed by atoms with E-state index < -0.39 is 0 Å². The molecule has 130 valence electrons. The average molecular weight is 347 g/mol. The SMILES string of the molecule is CCNC(=NCc1ccc(COC)cc1)NCCc1csc(C)n1. The van der Waals surface area contributed by atoms with Gasteiger partial charge < -0.3 is 15.4 Å². The number of ether oxygens (including phenoxy) is 1. The lowest BCUT2D eigenvalue weighted by Crippen LogP contribution is -2.38. The predicted molar refractivity (Wildman–Crippen MR) is 101 cm³/mol. The van der Waals surface area contributed by atoms with Crippen LogP contribution >= 0.6 is 11.3 Å². The fourth-order valence-corrected chi connectivity index (χ4v) is 2.90. The molecule has 1 heterocycles. The first-order valence-corrected chi connectivity index (χ1v) is 9.09. The Morgan fingerprint density at radius 3 is 2.58 bits per heavy atom. The van der Waals surface area contributed by atoms with Crippen molar-refractivity contribution in [2.75, 3.05) is 20.2 Å². The van der Waals surface area contributed by atoms with E-state index in [0.29, 0.717) is 13.2 Å². The van der Waals surface area contributed by atoms with E-state index in [1.54, 1.807) is 18.4 Å². The molecule has 1 aromatic heterocycles. The third-order valence-corrected chi connectivity index (χ3v) is 4.26. The smallest absolute Gasteiger partial charge is 0.191 e. The molecule has 24 heavy (non-hydrogen) atoms. The minimum absolute atomic E-state index is 0.643. The van der Waals surface area contributed by atoms with Crippen molar-refractivity contribution >= 4 is 17.3 Å². The lowest BCUT2D eigenvalue weighted by Gasteiger charge is -2.11. The van der Waals surface area contributed by atoms with E-state index in [2.05, 4.69) is 57.2 Å². The van der Waals surface area contributed by atoms with Crippen LogP contribution in [0.1, 0.15) is 28.8 Å². The molecule has 0 spiro atoms. The first kappa shape index (κ1) is 18.4. The second-order valence-electron chi connectivity index (χ2n) is 5.48. The Balaban J connectivity index is 1.85. The second kappa shape index (κ2) is 10.1. The van der Waals surface area contributed by atoms with Gasteiger partial charge in [-0.3, -0.25) is 0 Å². The Morgan fingerprint density at radius 2 is 1.96 bits per heavy atom. The number of aromatic nitrogens is 1. The van der Waals surface area contributed by atoms with E-state index in [1.165, 1.54) is 11.1 Å². The van der Waals surface area contributed by atoms with Crippen LogP contribution in [0, 0.1) is 6.92 Å². The fourth-order valence-electron chi connectivity index (χ4n) is 2.25. The molecule has 0 atom stereocenters. The van der Waals surface area contributed by atoms with Gasteiger partial charge in [-0.2, -0.15) is 0 Å². The van der Waals surface area contributed by atoms with Crippen LogP contribution in [0.5, 0.6) is 0 Å². The molecule has 0 saturated carbocycles. The van der Waals surface area contributed by atoms with E-state index in [0.717, 1.165) is 36.2 Å². The van der Waals surface area contributed by atoms with Gasteiger partial charge >= 0.3 is 0 Å². The molecule has 0 radical (unpaired) electrons. The van der Waals surface area contributed by atoms with Crippen molar-refractivity contribution in [2.24, 2.45) is 4.99 Å². The van der Waals surface area contributed by atoms with Crippen molar-refractivity contribution in [3.05, 3.63) is 51.5 Å². The van der Waals surface area contributed by atoms with E-state index in [1.807, 2.05) is 6.92 Å². The highest BCUT2D eigenvalue weighted by Gasteiger charge is 2.01. The monoisotopic (exact) mass is 346 g/mol. The van der Waals surface area contributed by atoms with Crippen LogP contribution in [0.2, 0.25) is 0 Å². The van der Waals surface area contributed by atoms with Crippen LogP contribution in [0.25, 0.3) is 0 Å². The normalized spacial score (nSPS) is 11.5. The summed E-state index contributed by atoms with van der Waals surface area (Å²) in [6.07, 6.45) is 0.903. The molecular weight excluding hydrogens is 320 g/mol. The van der Waals surface area contributed by atoms with Crippen LogP contribution in [0.15, 0.2) is 34.6 Å². The summed E-state index contributed by atoms with van der Waals surface area (Å²) >= 11 is 1.69. The first-order chi connectivity index (χ1) is 11.7. The number of benzene rings is 1. The van der Waals surface area contributed by atoms with Crippen LogP contribution in [0.3, 0.4) is 0 Å². The Kier molecular flexibility index (Phi) is 7.71. The van der Waals surface area contributed by atoms with Gasteiger partial charge in [-0.05, 0) is 25.0 Å². The van der Waals surface area contributed by atoms with Gasteiger partial charge in [0.1, 0.15) is 0 Å². The predicted octanol–water partition coefficient (Wildman–Crippen LogP) is 2.90. The molecule has 0 aliphatic rings. The van der Waals surface area contributed by atoms with E-state index in [-0.39, 0.29) is 0 Å². The van der Waals surface area contributed by atoms with Crippen LogP contribution in [-0.2, 0) is 24.3 Å². The number of nitrogens with zero attached hydrogens (tertiary/aromatic N) is 2. The summed E-state index contributed by atoms with van der Waals surface area (Å²) < 4.78 is 5.13. The molecule has 0 unspecified atom stereocenters. The highest BCUT2D eigenvalue weighted by molar-refractivity contribution is 7.09. The Hall–Kier alpha value is -1.92. The third-order valence-electron chi connectivity index (χ3n) is 3.44. The average Bonchev–Trinajstić information content (AvgIpc) is 2.99. The summed E-state index contributed by atoms with van der Waals surface area (Å²) in [5, 5.41) is 9.87. The zero-order valence-corrected chi connectivity index (χ0v) is 15.4. The molecule has 1 aromatic carbocycles. The molecule has 2 aromatic rings. The highest BCUT2D eigenvalue weighted by atomic mass is 32.1. The molecule has 6 heteroatoms. The summed E-state index contributed by atoms with van der Waals surface area (Å²) in [7, 11) is 1.71. The zero-order valence-electron chi connectivity index (χ0n) is 14.6. The van der Waals surface area contributed by atoms with Crippen molar-refractivity contribution in [3.8, 4) is 0 Å². The second-order valence-corrected chi connectivity index (χ2v) is 6.54. The van der Waals surface area contributed by atoms with Crippen molar-refractivity contribution in [3.63, 3.8) is 0 Å².